The van der Waals surface area contributed by atoms with Gasteiger partial charge in [0.1, 0.15) is 17.8 Å². The molecular weight excluding hydrogens is 320 g/mol. The Labute approximate surface area is 147 Å². The van der Waals surface area contributed by atoms with Gasteiger partial charge in [0.2, 0.25) is 0 Å². The third-order valence-electron chi connectivity index (χ3n) is 5.35. The molecule has 2 heterocycles. The molecular formula is C20H24O5. The van der Waals surface area contributed by atoms with Crippen LogP contribution in [0.1, 0.15) is 46.5 Å². The number of hydrogen-bond acceptors (Lipinski definition) is 5. The van der Waals surface area contributed by atoms with E-state index in [1.54, 1.807) is 6.92 Å². The number of allylic oxidation sites excluding steroid dienone is 2. The Hall–Kier alpha value is -2.01. The minimum Gasteiger partial charge on any atom is -0.455 e. The lowest BCUT2D eigenvalue weighted by Crippen LogP contribution is -2.23. The van der Waals surface area contributed by atoms with Crippen LogP contribution in [-0.4, -0.2) is 35.3 Å². The Balaban J connectivity index is 1.88. The molecule has 3 rings (SSSR count). The molecule has 3 aliphatic rings. The van der Waals surface area contributed by atoms with Gasteiger partial charge in [0.25, 0.3) is 0 Å². The van der Waals surface area contributed by atoms with Crippen LogP contribution in [0.4, 0.5) is 0 Å². The van der Waals surface area contributed by atoms with Gasteiger partial charge < -0.3 is 9.47 Å². The summed E-state index contributed by atoms with van der Waals surface area (Å²) in [5, 5.41) is 0. The van der Waals surface area contributed by atoms with E-state index in [1.165, 1.54) is 6.08 Å². The molecule has 0 radical (unpaired) electrons. The SMILES string of the molecule is C=C(C)C1CCC2=CC(CC3(C)OC3C(=O)C=C(C)C(=O)C1)OC2=O. The van der Waals surface area contributed by atoms with Crippen LogP contribution >= 0.6 is 0 Å². The average Bonchev–Trinajstić information content (AvgIpc) is 3.06. The predicted molar refractivity (Wildman–Crippen MR) is 91.8 cm³/mol. The van der Waals surface area contributed by atoms with E-state index in [0.717, 1.165) is 5.57 Å². The van der Waals surface area contributed by atoms with Crippen molar-refractivity contribution in [1.82, 2.24) is 0 Å². The van der Waals surface area contributed by atoms with Gasteiger partial charge in [-0.15, -0.1) is 0 Å². The van der Waals surface area contributed by atoms with E-state index in [2.05, 4.69) is 6.58 Å². The van der Waals surface area contributed by atoms with Gasteiger partial charge >= 0.3 is 5.97 Å². The van der Waals surface area contributed by atoms with Crippen LogP contribution in [0.5, 0.6) is 0 Å². The van der Waals surface area contributed by atoms with E-state index in [0.29, 0.717) is 36.8 Å². The topological polar surface area (TPSA) is 73.0 Å². The average molecular weight is 344 g/mol. The fourth-order valence-corrected chi connectivity index (χ4v) is 3.58. The maximum Gasteiger partial charge on any atom is 0.334 e. The number of epoxide rings is 1. The third kappa shape index (κ3) is 3.66. The minimum atomic E-state index is -0.641. The second kappa shape index (κ2) is 6.37. The standard InChI is InChI=1S/C20H24O5/c1-11(2)13-5-6-14-8-15(24-19(14)23)10-20(4)18(25-20)17(22)7-12(3)16(21)9-13/h7-8,13,15,18H,1,5-6,9-10H2,2-4H3. The summed E-state index contributed by atoms with van der Waals surface area (Å²) < 4.78 is 11.0. The van der Waals surface area contributed by atoms with Crippen LogP contribution in [0.25, 0.3) is 0 Å². The largest absolute Gasteiger partial charge is 0.455 e. The molecule has 2 aliphatic heterocycles. The van der Waals surface area contributed by atoms with E-state index in [1.807, 2.05) is 19.9 Å². The van der Waals surface area contributed by atoms with Gasteiger partial charge in [0, 0.05) is 18.4 Å². The van der Waals surface area contributed by atoms with E-state index >= 15 is 0 Å². The van der Waals surface area contributed by atoms with Crippen LogP contribution in [0.3, 0.4) is 0 Å². The maximum absolute atomic E-state index is 12.5. The van der Waals surface area contributed by atoms with Gasteiger partial charge in [-0.05, 0) is 57.3 Å². The molecule has 4 atom stereocenters. The molecule has 4 unspecified atom stereocenters. The summed E-state index contributed by atoms with van der Waals surface area (Å²) in [5.41, 5.74) is 1.35. The number of carbonyl (C=O) groups is 3. The molecule has 0 aromatic rings. The van der Waals surface area contributed by atoms with Gasteiger partial charge in [-0.25, -0.2) is 4.79 Å². The molecule has 0 saturated carbocycles. The lowest BCUT2D eigenvalue weighted by atomic mass is 9.87. The van der Waals surface area contributed by atoms with Crippen molar-refractivity contribution >= 4 is 17.5 Å². The molecule has 1 saturated heterocycles. The summed E-state index contributed by atoms with van der Waals surface area (Å²) in [6.45, 7) is 9.36. The fraction of sp³-hybridized carbons (Fsp3) is 0.550. The minimum absolute atomic E-state index is 0.0240. The normalized spacial score (nSPS) is 36.0. The van der Waals surface area contributed by atoms with Crippen molar-refractivity contribution < 1.29 is 23.9 Å². The fourth-order valence-electron chi connectivity index (χ4n) is 3.58. The Kier molecular flexibility index (Phi) is 4.54. The second-order valence-electron chi connectivity index (χ2n) is 7.59. The van der Waals surface area contributed by atoms with Gasteiger partial charge in [-0.2, -0.15) is 0 Å². The molecule has 0 spiro atoms. The molecule has 0 aromatic carbocycles. The Morgan fingerprint density at radius 1 is 1.32 bits per heavy atom. The summed E-state index contributed by atoms with van der Waals surface area (Å²) in [6.07, 6.45) is 4.25. The van der Waals surface area contributed by atoms with Crippen molar-refractivity contribution in [2.24, 2.45) is 5.92 Å². The highest BCUT2D eigenvalue weighted by atomic mass is 16.6. The zero-order valence-electron chi connectivity index (χ0n) is 15.0. The molecule has 5 heteroatoms. The quantitative estimate of drug-likeness (QED) is 0.415. The number of Topliss-reactive ketones (excluding diaryl/α,β-unsaturated/α-hetero) is 1. The number of esters is 1. The first-order chi connectivity index (χ1) is 11.7. The van der Waals surface area contributed by atoms with Crippen LogP contribution in [-0.2, 0) is 23.9 Å². The summed E-state index contributed by atoms with van der Waals surface area (Å²) in [6, 6.07) is 0. The number of hydrogen-bond donors (Lipinski definition) is 0. The maximum atomic E-state index is 12.5. The molecule has 1 fully saturated rings. The lowest BCUT2D eigenvalue weighted by molar-refractivity contribution is -0.140. The van der Waals surface area contributed by atoms with Crippen LogP contribution in [0.2, 0.25) is 0 Å². The number of ether oxygens (including phenoxy) is 2. The van der Waals surface area contributed by atoms with E-state index in [4.69, 9.17) is 9.47 Å². The monoisotopic (exact) mass is 344 g/mol. The Bertz CT molecular complexity index is 714. The van der Waals surface area contributed by atoms with E-state index in [9.17, 15) is 14.4 Å². The molecule has 134 valence electrons. The highest BCUT2D eigenvalue weighted by Crippen LogP contribution is 2.43. The van der Waals surface area contributed by atoms with E-state index in [-0.39, 0.29) is 29.6 Å². The van der Waals surface area contributed by atoms with Crippen molar-refractivity contribution in [3.8, 4) is 0 Å². The molecule has 0 N–H and O–H groups in total. The summed E-state index contributed by atoms with van der Waals surface area (Å²) in [4.78, 5) is 36.9. The van der Waals surface area contributed by atoms with Crippen molar-refractivity contribution in [3.63, 3.8) is 0 Å². The van der Waals surface area contributed by atoms with Gasteiger partial charge in [-0.3, -0.25) is 9.59 Å². The second-order valence-corrected chi connectivity index (χ2v) is 7.59. The zero-order chi connectivity index (χ0) is 18.4. The predicted octanol–water partition coefficient (Wildman–Crippen LogP) is 2.85. The van der Waals surface area contributed by atoms with Crippen molar-refractivity contribution in [3.05, 3.63) is 35.5 Å². The number of fused-ring (bicyclic) bond motifs is 2. The highest BCUT2D eigenvalue weighted by molar-refractivity contribution is 6.05. The molecule has 25 heavy (non-hydrogen) atoms. The number of carbonyl (C=O) groups excluding carboxylic acids is 3. The summed E-state index contributed by atoms with van der Waals surface area (Å²) >= 11 is 0. The van der Waals surface area contributed by atoms with Gasteiger partial charge in [0.15, 0.2) is 11.6 Å². The summed E-state index contributed by atoms with van der Waals surface area (Å²) in [5.74, 6) is -0.607. The molecule has 0 aromatic heterocycles. The number of rotatable bonds is 1. The first kappa shape index (κ1) is 17.8. The van der Waals surface area contributed by atoms with E-state index < -0.39 is 11.7 Å². The van der Waals surface area contributed by atoms with Crippen LogP contribution in [0, 0.1) is 5.92 Å². The molecule has 5 nitrogen and oxygen atoms in total. The van der Waals surface area contributed by atoms with Crippen molar-refractivity contribution in [2.75, 3.05) is 0 Å². The Morgan fingerprint density at radius 3 is 2.72 bits per heavy atom. The first-order valence-electron chi connectivity index (χ1n) is 8.70. The van der Waals surface area contributed by atoms with Gasteiger partial charge in [0.05, 0.1) is 0 Å². The molecule has 1 aliphatic carbocycles. The van der Waals surface area contributed by atoms with Gasteiger partial charge in [-0.1, -0.05) is 12.2 Å². The first-order valence-corrected chi connectivity index (χ1v) is 8.70. The highest BCUT2D eigenvalue weighted by Gasteiger charge is 2.57. The molecule has 0 amide bonds. The lowest BCUT2D eigenvalue weighted by Gasteiger charge is -2.16. The molecule has 2 bridgehead atoms. The van der Waals surface area contributed by atoms with Crippen LogP contribution < -0.4 is 0 Å². The van der Waals surface area contributed by atoms with Crippen molar-refractivity contribution in [1.29, 1.82) is 0 Å². The summed E-state index contributed by atoms with van der Waals surface area (Å²) in [7, 11) is 0. The zero-order valence-corrected chi connectivity index (χ0v) is 15.0. The smallest absolute Gasteiger partial charge is 0.334 e. The third-order valence-corrected chi connectivity index (χ3v) is 5.35. The Morgan fingerprint density at radius 2 is 2.04 bits per heavy atom. The number of ketones is 2. The van der Waals surface area contributed by atoms with Crippen LogP contribution in [0.15, 0.2) is 35.5 Å². The van der Waals surface area contributed by atoms with Crippen molar-refractivity contribution in [2.45, 2.75) is 64.3 Å².